The molecule has 1 aliphatic heterocycles. The molecule has 2 N–H and O–H groups in total. The number of para-hydroxylation sites is 1. The van der Waals surface area contributed by atoms with E-state index in [-0.39, 0.29) is 12.1 Å². The van der Waals surface area contributed by atoms with Crippen LogP contribution in [0.15, 0.2) is 78.9 Å². The van der Waals surface area contributed by atoms with Crippen molar-refractivity contribution in [3.8, 4) is 0 Å². The van der Waals surface area contributed by atoms with Gasteiger partial charge in [-0.3, -0.25) is 0 Å². The Kier molecular flexibility index (Phi) is 4.75. The topological polar surface area (TPSA) is 48.1 Å². The monoisotopic (exact) mass is 395 g/mol. The van der Waals surface area contributed by atoms with Gasteiger partial charge in [0.25, 0.3) is 0 Å². The third kappa shape index (κ3) is 3.35. The van der Waals surface area contributed by atoms with Crippen molar-refractivity contribution in [2.24, 2.45) is 0 Å². The molecule has 1 unspecified atom stereocenters. The first-order valence-corrected chi connectivity index (χ1v) is 10.4. The van der Waals surface area contributed by atoms with Gasteiger partial charge in [0.2, 0.25) is 0 Å². The molecule has 0 saturated carbocycles. The molecule has 2 amide bonds. The number of hydrogen-bond donors (Lipinski definition) is 2. The lowest BCUT2D eigenvalue weighted by Crippen LogP contribution is -2.45. The number of urea groups is 1. The van der Waals surface area contributed by atoms with Gasteiger partial charge in [-0.1, -0.05) is 78.4 Å². The Hall–Kier alpha value is -3.53. The van der Waals surface area contributed by atoms with E-state index >= 15 is 0 Å². The number of rotatable bonds is 3. The summed E-state index contributed by atoms with van der Waals surface area (Å²) >= 11 is 0. The molecule has 150 valence electrons. The Labute approximate surface area is 176 Å². The minimum absolute atomic E-state index is 0.0336. The molecule has 0 spiro atoms. The summed E-state index contributed by atoms with van der Waals surface area (Å²) in [5, 5.41) is 4.38. The summed E-state index contributed by atoms with van der Waals surface area (Å²) in [5.41, 5.74) is 7.02. The molecule has 0 fully saturated rings. The molecule has 1 aromatic heterocycles. The van der Waals surface area contributed by atoms with Gasteiger partial charge in [-0.2, -0.15) is 0 Å². The SMILES string of the molecule is Cc1ccc(C2c3[nH]c4ccccc4c3CCN2C(=O)NCc2ccccc2)cc1. The molecule has 5 rings (SSSR count). The van der Waals surface area contributed by atoms with Crippen LogP contribution in [0, 0.1) is 6.92 Å². The van der Waals surface area contributed by atoms with E-state index in [1.165, 1.54) is 16.5 Å². The van der Waals surface area contributed by atoms with Crippen LogP contribution in [0.3, 0.4) is 0 Å². The Morgan fingerprint density at radius 1 is 1.00 bits per heavy atom. The molecule has 4 nitrogen and oxygen atoms in total. The minimum atomic E-state index is -0.127. The van der Waals surface area contributed by atoms with Gasteiger partial charge in [-0.05, 0) is 36.1 Å². The van der Waals surface area contributed by atoms with E-state index in [9.17, 15) is 4.79 Å². The second kappa shape index (κ2) is 7.71. The zero-order valence-corrected chi connectivity index (χ0v) is 17.1. The summed E-state index contributed by atoms with van der Waals surface area (Å²) in [6, 6.07) is 26.8. The lowest BCUT2D eigenvalue weighted by molar-refractivity contribution is 0.179. The summed E-state index contributed by atoms with van der Waals surface area (Å²) in [4.78, 5) is 18.8. The van der Waals surface area contributed by atoms with E-state index in [1.807, 2.05) is 35.2 Å². The van der Waals surface area contributed by atoms with Gasteiger partial charge in [0.15, 0.2) is 0 Å². The number of amides is 2. The molecule has 1 aliphatic rings. The molecule has 0 radical (unpaired) electrons. The Bertz CT molecular complexity index is 1180. The maximum atomic E-state index is 13.2. The number of H-pyrrole nitrogens is 1. The predicted octanol–water partition coefficient (Wildman–Crippen LogP) is 5.33. The van der Waals surface area contributed by atoms with Crippen molar-refractivity contribution in [1.82, 2.24) is 15.2 Å². The van der Waals surface area contributed by atoms with Crippen LogP contribution in [0.2, 0.25) is 0 Å². The van der Waals surface area contributed by atoms with Crippen LogP contribution in [0.25, 0.3) is 10.9 Å². The number of aromatic amines is 1. The van der Waals surface area contributed by atoms with Crippen LogP contribution in [-0.2, 0) is 13.0 Å². The summed E-state index contributed by atoms with van der Waals surface area (Å²) in [7, 11) is 0. The van der Waals surface area contributed by atoms with Crippen LogP contribution in [0.4, 0.5) is 4.79 Å². The smallest absolute Gasteiger partial charge is 0.318 e. The fourth-order valence-electron chi connectivity index (χ4n) is 4.43. The number of nitrogens with zero attached hydrogens (tertiary/aromatic N) is 1. The lowest BCUT2D eigenvalue weighted by atomic mass is 9.92. The fourth-order valence-corrected chi connectivity index (χ4v) is 4.43. The minimum Gasteiger partial charge on any atom is -0.356 e. The highest BCUT2D eigenvalue weighted by Gasteiger charge is 2.34. The predicted molar refractivity (Wildman–Crippen MR) is 120 cm³/mol. The number of aromatic nitrogens is 1. The van der Waals surface area contributed by atoms with Crippen molar-refractivity contribution in [1.29, 1.82) is 0 Å². The quantitative estimate of drug-likeness (QED) is 0.484. The van der Waals surface area contributed by atoms with Crippen molar-refractivity contribution >= 4 is 16.9 Å². The zero-order valence-electron chi connectivity index (χ0n) is 17.1. The third-order valence-corrected chi connectivity index (χ3v) is 5.97. The van der Waals surface area contributed by atoms with Gasteiger partial charge in [-0.15, -0.1) is 0 Å². The van der Waals surface area contributed by atoms with E-state index in [0.29, 0.717) is 13.1 Å². The summed E-state index contributed by atoms with van der Waals surface area (Å²) in [5.74, 6) is 0. The highest BCUT2D eigenvalue weighted by atomic mass is 16.2. The van der Waals surface area contributed by atoms with Crippen LogP contribution in [0.1, 0.15) is 34.0 Å². The number of carbonyl (C=O) groups excluding carboxylic acids is 1. The molecular weight excluding hydrogens is 370 g/mol. The average Bonchev–Trinajstić information content (AvgIpc) is 3.17. The molecule has 0 saturated heterocycles. The van der Waals surface area contributed by atoms with Crippen molar-refractivity contribution in [2.45, 2.75) is 25.9 Å². The van der Waals surface area contributed by atoms with E-state index in [4.69, 9.17) is 0 Å². The molecule has 1 atom stereocenters. The average molecular weight is 396 g/mol. The molecule has 0 bridgehead atoms. The van der Waals surface area contributed by atoms with Crippen molar-refractivity contribution in [2.75, 3.05) is 6.54 Å². The number of fused-ring (bicyclic) bond motifs is 3. The van der Waals surface area contributed by atoms with Gasteiger partial charge in [0, 0.05) is 29.7 Å². The summed E-state index contributed by atoms with van der Waals surface area (Å²) < 4.78 is 0. The van der Waals surface area contributed by atoms with Gasteiger partial charge < -0.3 is 15.2 Å². The standard InChI is InChI=1S/C26H25N3O/c1-18-11-13-20(14-12-18)25-24-22(21-9-5-6-10-23(21)28-24)15-16-29(25)26(30)27-17-19-7-3-2-4-8-19/h2-14,25,28H,15-17H2,1H3,(H,27,30). The first-order valence-electron chi connectivity index (χ1n) is 10.4. The lowest BCUT2D eigenvalue weighted by Gasteiger charge is -2.36. The normalized spacial score (nSPS) is 15.8. The van der Waals surface area contributed by atoms with Crippen LogP contribution in [0.5, 0.6) is 0 Å². The fraction of sp³-hybridized carbons (Fsp3) is 0.192. The number of benzene rings is 3. The van der Waals surface area contributed by atoms with Crippen molar-refractivity contribution in [3.63, 3.8) is 0 Å². The Balaban J connectivity index is 1.51. The first kappa shape index (κ1) is 18.5. The Morgan fingerprint density at radius 3 is 2.53 bits per heavy atom. The molecule has 0 aliphatic carbocycles. The second-order valence-corrected chi connectivity index (χ2v) is 7.96. The number of hydrogen-bond acceptors (Lipinski definition) is 1. The van der Waals surface area contributed by atoms with E-state index < -0.39 is 0 Å². The molecule has 2 heterocycles. The van der Waals surface area contributed by atoms with Gasteiger partial charge in [0.1, 0.15) is 0 Å². The summed E-state index contributed by atoms with van der Waals surface area (Å²) in [6.45, 7) is 3.30. The molecule has 30 heavy (non-hydrogen) atoms. The largest absolute Gasteiger partial charge is 0.356 e. The van der Waals surface area contributed by atoms with Crippen molar-refractivity contribution in [3.05, 3.63) is 107 Å². The highest BCUT2D eigenvalue weighted by molar-refractivity contribution is 5.86. The molecule has 4 aromatic rings. The van der Waals surface area contributed by atoms with Crippen LogP contribution >= 0.6 is 0 Å². The van der Waals surface area contributed by atoms with E-state index in [2.05, 4.69) is 65.8 Å². The van der Waals surface area contributed by atoms with Crippen LogP contribution in [-0.4, -0.2) is 22.5 Å². The third-order valence-electron chi connectivity index (χ3n) is 5.97. The molecular formula is C26H25N3O. The van der Waals surface area contributed by atoms with Crippen LogP contribution < -0.4 is 5.32 Å². The maximum absolute atomic E-state index is 13.2. The number of aryl methyl sites for hydroxylation is 1. The van der Waals surface area contributed by atoms with Gasteiger partial charge in [0.05, 0.1) is 6.04 Å². The van der Waals surface area contributed by atoms with E-state index in [0.717, 1.165) is 28.8 Å². The highest BCUT2D eigenvalue weighted by Crippen LogP contribution is 2.38. The van der Waals surface area contributed by atoms with Gasteiger partial charge >= 0.3 is 6.03 Å². The number of carbonyl (C=O) groups is 1. The number of nitrogens with one attached hydrogen (secondary N) is 2. The summed E-state index contributed by atoms with van der Waals surface area (Å²) in [6.07, 6.45) is 0.848. The van der Waals surface area contributed by atoms with Gasteiger partial charge in [-0.25, -0.2) is 4.79 Å². The van der Waals surface area contributed by atoms with E-state index in [1.54, 1.807) is 0 Å². The van der Waals surface area contributed by atoms with Crippen molar-refractivity contribution < 1.29 is 4.79 Å². The second-order valence-electron chi connectivity index (χ2n) is 7.96. The molecule has 4 heteroatoms. The maximum Gasteiger partial charge on any atom is 0.318 e. The molecule has 3 aromatic carbocycles. The Morgan fingerprint density at radius 2 is 1.73 bits per heavy atom. The first-order chi connectivity index (χ1) is 14.7. The zero-order chi connectivity index (χ0) is 20.5.